The lowest BCUT2D eigenvalue weighted by molar-refractivity contribution is -0.116. The topological polar surface area (TPSA) is 49.4 Å². The molecule has 0 spiro atoms. The normalized spacial score (nSPS) is 10.5. The van der Waals surface area contributed by atoms with Crippen LogP contribution < -0.4 is 10.2 Å². The van der Waals surface area contributed by atoms with E-state index in [2.05, 4.69) is 5.32 Å². The number of thiophene rings is 1. The van der Waals surface area contributed by atoms with Gasteiger partial charge < -0.3 is 10.2 Å². The van der Waals surface area contributed by atoms with Gasteiger partial charge in [-0.15, -0.1) is 11.3 Å². The molecule has 5 heteroatoms. The van der Waals surface area contributed by atoms with Gasteiger partial charge in [-0.1, -0.05) is 18.2 Å². The van der Waals surface area contributed by atoms with E-state index in [1.165, 1.54) is 18.3 Å². The molecule has 2 aromatic carbocycles. The van der Waals surface area contributed by atoms with Crippen LogP contribution in [-0.2, 0) is 4.79 Å². The number of amides is 2. The van der Waals surface area contributed by atoms with Crippen molar-refractivity contribution >= 4 is 44.6 Å². The Morgan fingerprint density at radius 3 is 2.39 bits per heavy atom. The van der Waals surface area contributed by atoms with Crippen LogP contribution in [-0.4, -0.2) is 18.9 Å². The van der Waals surface area contributed by atoms with E-state index in [4.69, 9.17) is 0 Å². The standard InChI is InChI=1S/C18H16N2O2S/c1-12(21)20(2)15-9-7-14(8-10-15)19-18(22)17-11-13-5-3-4-6-16(13)23-17/h3-11H,1-2H3,(H,19,22). The van der Waals surface area contributed by atoms with Crippen molar-refractivity contribution in [3.05, 3.63) is 59.5 Å². The Hall–Kier alpha value is -2.66. The van der Waals surface area contributed by atoms with Crippen molar-refractivity contribution in [2.24, 2.45) is 0 Å². The lowest BCUT2D eigenvalue weighted by atomic mass is 10.2. The summed E-state index contributed by atoms with van der Waals surface area (Å²) in [7, 11) is 1.72. The van der Waals surface area contributed by atoms with E-state index < -0.39 is 0 Å². The minimum Gasteiger partial charge on any atom is -0.321 e. The van der Waals surface area contributed by atoms with Crippen LogP contribution in [0.2, 0.25) is 0 Å². The second-order valence-electron chi connectivity index (χ2n) is 5.23. The summed E-state index contributed by atoms with van der Waals surface area (Å²) < 4.78 is 1.09. The Morgan fingerprint density at radius 1 is 1.04 bits per heavy atom. The molecule has 0 aliphatic rings. The van der Waals surface area contributed by atoms with Crippen LogP contribution in [0, 0.1) is 0 Å². The third-order valence-corrected chi connectivity index (χ3v) is 4.75. The molecule has 23 heavy (non-hydrogen) atoms. The third kappa shape index (κ3) is 3.24. The van der Waals surface area contributed by atoms with Crippen molar-refractivity contribution in [3.8, 4) is 0 Å². The van der Waals surface area contributed by atoms with Crippen molar-refractivity contribution in [1.29, 1.82) is 0 Å². The largest absolute Gasteiger partial charge is 0.321 e. The van der Waals surface area contributed by atoms with E-state index >= 15 is 0 Å². The summed E-state index contributed by atoms with van der Waals surface area (Å²) >= 11 is 1.47. The first kappa shape index (κ1) is 15.2. The molecular weight excluding hydrogens is 308 g/mol. The maximum Gasteiger partial charge on any atom is 0.265 e. The number of fused-ring (bicyclic) bond motifs is 1. The van der Waals surface area contributed by atoms with E-state index in [1.54, 1.807) is 24.1 Å². The lowest BCUT2D eigenvalue weighted by Crippen LogP contribution is -2.22. The zero-order chi connectivity index (χ0) is 16.4. The Balaban J connectivity index is 1.76. The second kappa shape index (κ2) is 6.22. The van der Waals surface area contributed by atoms with Gasteiger partial charge in [-0.2, -0.15) is 0 Å². The number of hydrogen-bond acceptors (Lipinski definition) is 3. The SMILES string of the molecule is CC(=O)N(C)c1ccc(NC(=O)c2cc3ccccc3s2)cc1. The highest BCUT2D eigenvalue weighted by atomic mass is 32.1. The van der Waals surface area contributed by atoms with E-state index in [1.807, 2.05) is 42.5 Å². The van der Waals surface area contributed by atoms with Crippen molar-refractivity contribution in [3.63, 3.8) is 0 Å². The number of benzene rings is 2. The fourth-order valence-corrected chi connectivity index (χ4v) is 3.19. The quantitative estimate of drug-likeness (QED) is 0.787. The van der Waals surface area contributed by atoms with Crippen molar-refractivity contribution in [2.75, 3.05) is 17.3 Å². The first-order valence-electron chi connectivity index (χ1n) is 7.19. The Morgan fingerprint density at radius 2 is 1.74 bits per heavy atom. The van der Waals surface area contributed by atoms with Gasteiger partial charge in [0.2, 0.25) is 5.91 Å². The van der Waals surface area contributed by atoms with Gasteiger partial charge in [0.25, 0.3) is 5.91 Å². The van der Waals surface area contributed by atoms with Gasteiger partial charge in [0.1, 0.15) is 0 Å². The molecule has 1 N–H and O–H groups in total. The molecule has 0 radical (unpaired) electrons. The van der Waals surface area contributed by atoms with Crippen LogP contribution >= 0.6 is 11.3 Å². The minimum atomic E-state index is -0.126. The highest BCUT2D eigenvalue weighted by molar-refractivity contribution is 7.20. The van der Waals surface area contributed by atoms with Gasteiger partial charge in [-0.25, -0.2) is 0 Å². The fraction of sp³-hybridized carbons (Fsp3) is 0.111. The average Bonchev–Trinajstić information content (AvgIpc) is 2.99. The molecule has 2 amide bonds. The molecule has 0 saturated carbocycles. The molecular formula is C18H16N2O2S. The van der Waals surface area contributed by atoms with E-state index in [0.29, 0.717) is 10.6 Å². The zero-order valence-electron chi connectivity index (χ0n) is 12.9. The Kier molecular flexibility index (Phi) is 4.12. The van der Waals surface area contributed by atoms with Gasteiger partial charge in [0.15, 0.2) is 0 Å². The summed E-state index contributed by atoms with van der Waals surface area (Å²) in [6.07, 6.45) is 0. The summed E-state index contributed by atoms with van der Waals surface area (Å²) in [6.45, 7) is 1.51. The molecule has 1 heterocycles. The van der Waals surface area contributed by atoms with Gasteiger partial charge >= 0.3 is 0 Å². The Bertz CT molecular complexity index is 835. The van der Waals surface area contributed by atoms with Crippen molar-refractivity contribution < 1.29 is 9.59 Å². The number of hydrogen-bond donors (Lipinski definition) is 1. The maximum atomic E-state index is 12.3. The molecule has 0 aliphatic heterocycles. The summed E-state index contributed by atoms with van der Waals surface area (Å²) in [6, 6.07) is 17.0. The molecule has 0 atom stereocenters. The predicted molar refractivity (Wildman–Crippen MR) is 95.3 cm³/mol. The number of carbonyl (C=O) groups excluding carboxylic acids is 2. The minimum absolute atomic E-state index is 0.0351. The third-order valence-electron chi connectivity index (χ3n) is 3.63. The molecule has 3 aromatic rings. The molecule has 116 valence electrons. The van der Waals surface area contributed by atoms with Crippen LogP contribution in [0.25, 0.3) is 10.1 Å². The summed E-state index contributed by atoms with van der Waals surface area (Å²) in [5.41, 5.74) is 1.49. The van der Waals surface area contributed by atoms with Gasteiger partial charge in [-0.05, 0) is 41.8 Å². The Labute approximate surface area is 138 Å². The number of anilines is 2. The smallest absolute Gasteiger partial charge is 0.265 e. The van der Waals surface area contributed by atoms with Crippen LogP contribution in [0.5, 0.6) is 0 Å². The van der Waals surface area contributed by atoms with E-state index in [0.717, 1.165) is 15.8 Å². The molecule has 0 saturated heterocycles. The molecule has 0 aliphatic carbocycles. The fourth-order valence-electron chi connectivity index (χ4n) is 2.24. The molecule has 3 rings (SSSR count). The average molecular weight is 324 g/mol. The predicted octanol–water partition coefficient (Wildman–Crippen LogP) is 4.14. The maximum absolute atomic E-state index is 12.3. The van der Waals surface area contributed by atoms with Gasteiger partial charge in [-0.3, -0.25) is 9.59 Å². The molecule has 0 fully saturated rings. The van der Waals surface area contributed by atoms with Crippen molar-refractivity contribution in [1.82, 2.24) is 0 Å². The van der Waals surface area contributed by atoms with Gasteiger partial charge in [0, 0.05) is 30.0 Å². The molecule has 0 unspecified atom stereocenters. The monoisotopic (exact) mass is 324 g/mol. The zero-order valence-corrected chi connectivity index (χ0v) is 13.7. The van der Waals surface area contributed by atoms with Crippen molar-refractivity contribution in [2.45, 2.75) is 6.92 Å². The molecule has 1 aromatic heterocycles. The first-order valence-corrected chi connectivity index (χ1v) is 8.00. The summed E-state index contributed by atoms with van der Waals surface area (Å²) in [4.78, 5) is 25.9. The lowest BCUT2D eigenvalue weighted by Gasteiger charge is -2.15. The molecule has 4 nitrogen and oxygen atoms in total. The van der Waals surface area contributed by atoms with Crippen LogP contribution in [0.3, 0.4) is 0 Å². The molecule has 0 bridgehead atoms. The highest BCUT2D eigenvalue weighted by Crippen LogP contribution is 2.26. The summed E-state index contributed by atoms with van der Waals surface area (Å²) in [5.74, 6) is -0.161. The van der Waals surface area contributed by atoms with Crippen LogP contribution in [0.1, 0.15) is 16.6 Å². The van der Waals surface area contributed by atoms with Crippen LogP contribution in [0.15, 0.2) is 54.6 Å². The highest BCUT2D eigenvalue weighted by Gasteiger charge is 2.11. The van der Waals surface area contributed by atoms with Gasteiger partial charge in [0.05, 0.1) is 4.88 Å². The van der Waals surface area contributed by atoms with E-state index in [9.17, 15) is 9.59 Å². The van der Waals surface area contributed by atoms with E-state index in [-0.39, 0.29) is 11.8 Å². The summed E-state index contributed by atoms with van der Waals surface area (Å²) in [5, 5.41) is 3.95. The second-order valence-corrected chi connectivity index (χ2v) is 6.31. The first-order chi connectivity index (χ1) is 11.0. The number of carbonyl (C=O) groups is 2. The number of nitrogens with one attached hydrogen (secondary N) is 1. The number of rotatable bonds is 3. The van der Waals surface area contributed by atoms with Crippen LogP contribution in [0.4, 0.5) is 11.4 Å². The number of nitrogens with zero attached hydrogens (tertiary/aromatic N) is 1.